The number of hydrogen-bond donors (Lipinski definition) is 0. The highest BCUT2D eigenvalue weighted by Crippen LogP contribution is 2.66. The molecule has 2 fully saturated rings. The SMILES string of the molecule is O=C1C(=Cc2cc3c(s2)-c2sc4c5c(sc4c2C2(CCCCC2)O3)-c2sc(C=C3C(=O)c4cc6cc(F)c(F)cc6cc4C3=O)cc2OC52CCCCC2)C(=O)c2cc3cc(F)c(F)cc3cc21. The summed E-state index contributed by atoms with van der Waals surface area (Å²) in [6.07, 6.45) is 12.7. The minimum Gasteiger partial charge on any atom is -0.481 e. The van der Waals surface area contributed by atoms with Crippen molar-refractivity contribution >= 4 is 112 Å². The minimum atomic E-state index is -1.03. The Labute approximate surface area is 400 Å². The maximum Gasteiger partial charge on any atom is 0.197 e. The molecule has 0 unspecified atom stereocenters. The van der Waals surface area contributed by atoms with Crippen molar-refractivity contribution in [2.24, 2.45) is 0 Å². The van der Waals surface area contributed by atoms with Crippen LogP contribution in [0.3, 0.4) is 0 Å². The van der Waals surface area contributed by atoms with Crippen LogP contribution < -0.4 is 9.47 Å². The Morgan fingerprint density at radius 1 is 0.412 bits per heavy atom. The molecule has 6 heterocycles. The van der Waals surface area contributed by atoms with E-state index >= 15 is 0 Å². The van der Waals surface area contributed by atoms with E-state index < -0.39 is 57.6 Å². The number of halogens is 4. The van der Waals surface area contributed by atoms with Gasteiger partial charge >= 0.3 is 0 Å². The number of hydrogen-bond acceptors (Lipinski definition) is 10. The molecule has 2 spiro atoms. The Bertz CT molecular complexity index is 3420. The topological polar surface area (TPSA) is 86.7 Å². The molecule has 68 heavy (non-hydrogen) atoms. The van der Waals surface area contributed by atoms with Gasteiger partial charge in [0, 0.05) is 43.1 Å². The standard InChI is InChI=1S/C54H32F4O6S4/c55-35-15-23-11-29-30(12-24(23)16-36(35)56)44(60)33(43(29)59)19-27-21-39-47(65-27)49-41(53(63-39)7-3-1-4-8-53)51-52(67-49)42-50(68-51)48-40(64-54(42)9-5-2-6-10-54)22-28(66-48)20-34-45(61)31-13-25-17-37(57)38(58)18-26(25)14-32(31)46(34)62/h11-22H,1-10H2. The van der Waals surface area contributed by atoms with Gasteiger partial charge in [0.15, 0.2) is 46.4 Å². The summed E-state index contributed by atoms with van der Waals surface area (Å²) in [5.41, 5.74) is 1.82. The molecule has 0 atom stereocenters. The minimum absolute atomic E-state index is 0.00466. The zero-order valence-electron chi connectivity index (χ0n) is 35.6. The molecule has 14 heteroatoms. The number of Topliss-reactive ketones (excluding diaryl/α,β-unsaturated/α-hetero) is 4. The van der Waals surface area contributed by atoms with Gasteiger partial charge < -0.3 is 9.47 Å². The van der Waals surface area contributed by atoms with Crippen molar-refractivity contribution in [1.29, 1.82) is 0 Å². The predicted molar refractivity (Wildman–Crippen MR) is 258 cm³/mol. The molecule has 2 saturated carbocycles. The maximum atomic E-state index is 14.2. The highest BCUT2D eigenvalue weighted by Gasteiger charge is 2.51. The molecule has 0 N–H and O–H groups in total. The van der Waals surface area contributed by atoms with Gasteiger partial charge in [-0.3, -0.25) is 19.2 Å². The molecule has 6 nitrogen and oxygen atoms in total. The quantitative estimate of drug-likeness (QED) is 0.0974. The number of carbonyl (C=O) groups excluding carboxylic acids is 4. The van der Waals surface area contributed by atoms with Crippen molar-refractivity contribution in [2.45, 2.75) is 75.4 Å². The second kappa shape index (κ2) is 14.3. The van der Waals surface area contributed by atoms with Crippen LogP contribution in [0.4, 0.5) is 17.6 Å². The second-order valence-electron chi connectivity index (χ2n) is 18.7. The van der Waals surface area contributed by atoms with Crippen molar-refractivity contribution in [1.82, 2.24) is 0 Å². The molecular formula is C54H32F4O6S4. The van der Waals surface area contributed by atoms with Crippen LogP contribution >= 0.6 is 45.3 Å². The number of benzene rings is 4. The molecule has 4 aliphatic carbocycles. The summed E-state index contributed by atoms with van der Waals surface area (Å²) >= 11 is 6.46. The van der Waals surface area contributed by atoms with E-state index in [4.69, 9.17) is 9.47 Å². The van der Waals surface area contributed by atoms with E-state index in [9.17, 15) is 36.7 Å². The van der Waals surface area contributed by atoms with Gasteiger partial charge in [-0.2, -0.15) is 0 Å². The average Bonchev–Trinajstić information content (AvgIpc) is 4.16. The first kappa shape index (κ1) is 41.0. The monoisotopic (exact) mass is 980 g/mol. The highest BCUT2D eigenvalue weighted by molar-refractivity contribution is 7.34. The van der Waals surface area contributed by atoms with Gasteiger partial charge in [0.05, 0.1) is 40.1 Å². The molecule has 8 aromatic rings. The lowest BCUT2D eigenvalue weighted by molar-refractivity contribution is 0.0257. The normalized spacial score (nSPS) is 18.5. The Balaban J connectivity index is 0.882. The molecule has 6 aliphatic rings. The first-order chi connectivity index (χ1) is 32.9. The number of allylic oxidation sites excluding steroid dienone is 2. The predicted octanol–water partition coefficient (Wildman–Crippen LogP) is 15.3. The Kier molecular flexibility index (Phi) is 8.59. The third-order valence-corrected chi connectivity index (χ3v) is 19.8. The number of thiophene rings is 4. The van der Waals surface area contributed by atoms with E-state index in [0.29, 0.717) is 31.3 Å². The molecule has 4 aromatic heterocycles. The number of fused-ring (bicyclic) bond motifs is 15. The van der Waals surface area contributed by atoms with Crippen LogP contribution in [0.15, 0.2) is 71.8 Å². The molecule has 4 aromatic carbocycles. The lowest BCUT2D eigenvalue weighted by atomic mass is 9.76. The van der Waals surface area contributed by atoms with Crippen LogP contribution in [-0.4, -0.2) is 23.1 Å². The van der Waals surface area contributed by atoms with Crippen LogP contribution in [0.5, 0.6) is 11.5 Å². The van der Waals surface area contributed by atoms with E-state index in [-0.39, 0.29) is 33.4 Å². The van der Waals surface area contributed by atoms with Gasteiger partial charge in [-0.25, -0.2) is 17.6 Å². The first-order valence-corrected chi connectivity index (χ1v) is 25.9. The van der Waals surface area contributed by atoms with E-state index in [2.05, 4.69) is 0 Å². The van der Waals surface area contributed by atoms with Gasteiger partial charge in [-0.05, 0) is 146 Å². The third-order valence-electron chi connectivity index (χ3n) is 14.8. The van der Waals surface area contributed by atoms with Crippen molar-refractivity contribution in [3.8, 4) is 31.0 Å². The summed E-state index contributed by atoms with van der Waals surface area (Å²) in [5.74, 6) is -4.51. The molecule has 0 bridgehead atoms. The van der Waals surface area contributed by atoms with Gasteiger partial charge in [0.25, 0.3) is 0 Å². The smallest absolute Gasteiger partial charge is 0.197 e. The molecule has 336 valence electrons. The molecule has 0 amide bonds. The molecule has 14 rings (SSSR count). The molecule has 2 aliphatic heterocycles. The van der Waals surface area contributed by atoms with Crippen molar-refractivity contribution < 1.29 is 46.2 Å². The second-order valence-corrected chi connectivity index (χ2v) is 22.9. The fourth-order valence-corrected chi connectivity index (χ4v) is 17.2. The summed E-state index contributed by atoms with van der Waals surface area (Å²) in [5, 5.41) is 1.34. The van der Waals surface area contributed by atoms with E-state index in [0.717, 1.165) is 119 Å². The number of carbonyl (C=O) groups is 4. The van der Waals surface area contributed by atoms with Crippen molar-refractivity contribution in [3.05, 3.63) is 138 Å². The van der Waals surface area contributed by atoms with Crippen LogP contribution in [0.2, 0.25) is 0 Å². The average molecular weight is 981 g/mol. The zero-order chi connectivity index (χ0) is 46.1. The van der Waals surface area contributed by atoms with Crippen LogP contribution in [0, 0.1) is 23.3 Å². The lowest BCUT2D eigenvalue weighted by Crippen LogP contribution is -2.37. The van der Waals surface area contributed by atoms with Crippen LogP contribution in [0.25, 0.3) is 62.6 Å². The summed E-state index contributed by atoms with van der Waals surface area (Å²) in [7, 11) is 0. The van der Waals surface area contributed by atoms with E-state index in [1.807, 2.05) is 12.1 Å². The zero-order valence-corrected chi connectivity index (χ0v) is 38.9. The largest absolute Gasteiger partial charge is 0.481 e. The Hall–Kier alpha value is -6.06. The number of rotatable bonds is 2. The molecule has 0 saturated heterocycles. The van der Waals surface area contributed by atoms with Gasteiger partial charge in [0.1, 0.15) is 22.7 Å². The van der Waals surface area contributed by atoms with Crippen molar-refractivity contribution in [2.75, 3.05) is 0 Å². The fourth-order valence-electron chi connectivity index (χ4n) is 11.6. The number of ketones is 4. The summed E-state index contributed by atoms with van der Waals surface area (Å²) in [4.78, 5) is 60.8. The maximum absolute atomic E-state index is 14.2. The van der Waals surface area contributed by atoms with Crippen LogP contribution in [0.1, 0.15) is 127 Å². The fraction of sp³-hybridized carbons (Fsp3) is 0.222. The van der Waals surface area contributed by atoms with Crippen LogP contribution in [-0.2, 0) is 11.2 Å². The number of ether oxygens (including phenoxy) is 2. The summed E-state index contributed by atoms with van der Waals surface area (Å²) < 4.78 is 73.4. The molecular weight excluding hydrogens is 949 g/mol. The van der Waals surface area contributed by atoms with Crippen molar-refractivity contribution in [3.63, 3.8) is 0 Å². The third kappa shape index (κ3) is 5.65. The van der Waals surface area contributed by atoms with E-state index in [1.54, 1.807) is 34.8 Å². The lowest BCUT2D eigenvalue weighted by Gasteiger charge is -2.41. The molecule has 0 radical (unpaired) electrons. The summed E-state index contributed by atoms with van der Waals surface area (Å²) in [6, 6.07) is 13.9. The van der Waals surface area contributed by atoms with Gasteiger partial charge in [0.2, 0.25) is 0 Å². The highest BCUT2D eigenvalue weighted by atomic mass is 32.1. The van der Waals surface area contributed by atoms with Gasteiger partial charge in [-0.15, -0.1) is 45.3 Å². The van der Waals surface area contributed by atoms with Gasteiger partial charge in [-0.1, -0.05) is 12.8 Å². The van der Waals surface area contributed by atoms with E-state index in [1.165, 1.54) is 67.5 Å². The first-order valence-electron chi connectivity index (χ1n) is 22.6. The Morgan fingerprint density at radius 3 is 1.06 bits per heavy atom. The summed E-state index contributed by atoms with van der Waals surface area (Å²) in [6.45, 7) is 0. The Morgan fingerprint density at radius 2 is 0.735 bits per heavy atom.